The zero-order chi connectivity index (χ0) is 11.7. The van der Waals surface area contributed by atoms with Gasteiger partial charge in [-0.1, -0.05) is 35.9 Å². The van der Waals surface area contributed by atoms with Gasteiger partial charge < -0.3 is 5.73 Å². The summed E-state index contributed by atoms with van der Waals surface area (Å²) in [5.74, 6) is 0. The predicted octanol–water partition coefficient (Wildman–Crippen LogP) is 3.86. The van der Waals surface area contributed by atoms with Crippen molar-refractivity contribution < 1.29 is 0 Å². The Bertz CT molecular complexity index is 527. The van der Waals surface area contributed by atoms with Gasteiger partial charge in [0.15, 0.2) is 0 Å². The first-order valence-corrected chi connectivity index (χ1v) is 5.52. The first kappa shape index (κ1) is 10.7. The monoisotopic (exact) mass is 211 g/mol. The van der Waals surface area contributed by atoms with E-state index in [1.807, 2.05) is 12.1 Å². The number of benzene rings is 2. The molecular weight excluding hydrogens is 194 g/mol. The normalized spacial score (nSPS) is 10.4. The largest absolute Gasteiger partial charge is 0.398 e. The second-order valence-electron chi connectivity index (χ2n) is 4.34. The zero-order valence-electron chi connectivity index (χ0n) is 10.0. The highest BCUT2D eigenvalue weighted by Crippen LogP contribution is 2.30. The van der Waals surface area contributed by atoms with E-state index in [0.717, 1.165) is 11.3 Å². The van der Waals surface area contributed by atoms with Crippen molar-refractivity contribution in [1.82, 2.24) is 0 Å². The molecule has 0 saturated carbocycles. The average molecular weight is 211 g/mol. The van der Waals surface area contributed by atoms with Gasteiger partial charge in [-0.25, -0.2) is 0 Å². The van der Waals surface area contributed by atoms with E-state index in [4.69, 9.17) is 5.73 Å². The van der Waals surface area contributed by atoms with E-state index in [1.165, 1.54) is 22.3 Å². The number of nitrogens with two attached hydrogens (primary N) is 1. The van der Waals surface area contributed by atoms with E-state index < -0.39 is 0 Å². The highest BCUT2D eigenvalue weighted by atomic mass is 14.6. The Morgan fingerprint density at radius 1 is 0.875 bits per heavy atom. The fraction of sp³-hybridized carbons (Fsp3) is 0.200. The van der Waals surface area contributed by atoms with Gasteiger partial charge in [-0.2, -0.15) is 0 Å². The Morgan fingerprint density at radius 2 is 1.62 bits per heavy atom. The molecule has 0 heterocycles. The second-order valence-corrected chi connectivity index (χ2v) is 4.34. The van der Waals surface area contributed by atoms with Crippen LogP contribution in [0.25, 0.3) is 11.1 Å². The van der Waals surface area contributed by atoms with Crippen LogP contribution >= 0.6 is 0 Å². The van der Waals surface area contributed by atoms with Crippen LogP contribution in [-0.4, -0.2) is 0 Å². The molecule has 0 atom stereocenters. The standard InChI is InChI=1S/C15H17N/c1-10-7-8-11(2)14(9-10)13-5-4-6-15(16)12(13)3/h4-9H,16H2,1-3H3. The van der Waals surface area contributed by atoms with Gasteiger partial charge in [0, 0.05) is 5.69 Å². The molecule has 0 aromatic heterocycles. The Morgan fingerprint density at radius 3 is 2.38 bits per heavy atom. The summed E-state index contributed by atoms with van der Waals surface area (Å²) in [6, 6.07) is 12.6. The molecule has 1 heteroatoms. The van der Waals surface area contributed by atoms with Gasteiger partial charge in [0.05, 0.1) is 0 Å². The number of aryl methyl sites for hydroxylation is 2. The van der Waals surface area contributed by atoms with Crippen molar-refractivity contribution in [3.63, 3.8) is 0 Å². The van der Waals surface area contributed by atoms with Gasteiger partial charge in [0.1, 0.15) is 0 Å². The van der Waals surface area contributed by atoms with Crippen molar-refractivity contribution in [2.24, 2.45) is 0 Å². The van der Waals surface area contributed by atoms with Crippen molar-refractivity contribution >= 4 is 5.69 Å². The molecule has 0 saturated heterocycles. The molecule has 0 radical (unpaired) electrons. The molecule has 2 rings (SSSR count). The minimum absolute atomic E-state index is 0.860. The molecule has 0 fully saturated rings. The SMILES string of the molecule is Cc1ccc(C)c(-c2cccc(N)c2C)c1. The lowest BCUT2D eigenvalue weighted by molar-refractivity contribution is 1.37. The number of hydrogen-bond acceptors (Lipinski definition) is 1. The fourth-order valence-electron chi connectivity index (χ4n) is 1.97. The van der Waals surface area contributed by atoms with Crippen LogP contribution in [0.3, 0.4) is 0 Å². The van der Waals surface area contributed by atoms with Gasteiger partial charge in [-0.15, -0.1) is 0 Å². The minimum atomic E-state index is 0.860. The third-order valence-corrected chi connectivity index (χ3v) is 3.06. The Labute approximate surface area is 96.9 Å². The topological polar surface area (TPSA) is 26.0 Å². The number of rotatable bonds is 1. The molecule has 16 heavy (non-hydrogen) atoms. The average Bonchev–Trinajstić information content (AvgIpc) is 2.26. The van der Waals surface area contributed by atoms with Gasteiger partial charge in [-0.3, -0.25) is 0 Å². The Hall–Kier alpha value is -1.76. The van der Waals surface area contributed by atoms with E-state index in [2.05, 4.69) is 45.0 Å². The van der Waals surface area contributed by atoms with Crippen molar-refractivity contribution in [3.8, 4) is 11.1 Å². The molecule has 2 N–H and O–H groups in total. The van der Waals surface area contributed by atoms with Crippen LogP contribution in [0.15, 0.2) is 36.4 Å². The third-order valence-electron chi connectivity index (χ3n) is 3.06. The molecule has 0 spiro atoms. The lowest BCUT2D eigenvalue weighted by atomic mass is 9.94. The Kier molecular flexibility index (Phi) is 2.69. The summed E-state index contributed by atoms with van der Waals surface area (Å²) in [6.07, 6.45) is 0. The fourth-order valence-corrected chi connectivity index (χ4v) is 1.97. The molecule has 1 nitrogen and oxygen atoms in total. The van der Waals surface area contributed by atoms with Crippen LogP contribution in [0.5, 0.6) is 0 Å². The van der Waals surface area contributed by atoms with Crippen LogP contribution in [0.2, 0.25) is 0 Å². The van der Waals surface area contributed by atoms with E-state index in [0.29, 0.717) is 0 Å². The summed E-state index contributed by atoms with van der Waals surface area (Å²) in [6.45, 7) is 6.33. The van der Waals surface area contributed by atoms with Gasteiger partial charge in [0.2, 0.25) is 0 Å². The van der Waals surface area contributed by atoms with Crippen LogP contribution in [0.4, 0.5) is 5.69 Å². The van der Waals surface area contributed by atoms with Gasteiger partial charge in [0.25, 0.3) is 0 Å². The molecule has 2 aromatic rings. The smallest absolute Gasteiger partial charge is 0.0349 e. The minimum Gasteiger partial charge on any atom is -0.398 e. The second kappa shape index (κ2) is 4.01. The van der Waals surface area contributed by atoms with E-state index in [1.54, 1.807) is 0 Å². The maximum atomic E-state index is 5.95. The summed E-state index contributed by atoms with van der Waals surface area (Å²) >= 11 is 0. The summed E-state index contributed by atoms with van der Waals surface area (Å²) in [4.78, 5) is 0. The van der Waals surface area contributed by atoms with Gasteiger partial charge >= 0.3 is 0 Å². The van der Waals surface area contributed by atoms with Crippen molar-refractivity contribution in [2.45, 2.75) is 20.8 Å². The molecule has 0 aliphatic heterocycles. The molecule has 2 aromatic carbocycles. The first-order valence-electron chi connectivity index (χ1n) is 5.52. The maximum Gasteiger partial charge on any atom is 0.0349 e. The highest BCUT2D eigenvalue weighted by Gasteiger charge is 2.06. The molecule has 0 aliphatic carbocycles. The van der Waals surface area contributed by atoms with Crippen molar-refractivity contribution in [1.29, 1.82) is 0 Å². The number of anilines is 1. The number of nitrogen functional groups attached to an aromatic ring is 1. The van der Waals surface area contributed by atoms with Crippen LogP contribution in [0.1, 0.15) is 16.7 Å². The quantitative estimate of drug-likeness (QED) is 0.712. The first-order chi connectivity index (χ1) is 7.59. The molecule has 0 amide bonds. The molecule has 0 aliphatic rings. The maximum absolute atomic E-state index is 5.95. The van der Waals surface area contributed by atoms with E-state index in [-0.39, 0.29) is 0 Å². The van der Waals surface area contributed by atoms with Crippen LogP contribution < -0.4 is 5.73 Å². The summed E-state index contributed by atoms with van der Waals surface area (Å²) < 4.78 is 0. The van der Waals surface area contributed by atoms with Gasteiger partial charge in [-0.05, 0) is 49.1 Å². The van der Waals surface area contributed by atoms with Crippen LogP contribution in [-0.2, 0) is 0 Å². The lowest BCUT2D eigenvalue weighted by Crippen LogP contribution is -1.93. The summed E-state index contributed by atoms with van der Waals surface area (Å²) in [5, 5.41) is 0. The molecule has 82 valence electrons. The third kappa shape index (κ3) is 1.81. The summed E-state index contributed by atoms with van der Waals surface area (Å²) in [5.41, 5.74) is 13.1. The van der Waals surface area contributed by atoms with E-state index >= 15 is 0 Å². The predicted molar refractivity (Wildman–Crippen MR) is 70.5 cm³/mol. The molecule has 0 bridgehead atoms. The highest BCUT2D eigenvalue weighted by molar-refractivity contribution is 5.75. The zero-order valence-corrected chi connectivity index (χ0v) is 10.0. The van der Waals surface area contributed by atoms with Crippen molar-refractivity contribution in [2.75, 3.05) is 5.73 Å². The number of hydrogen-bond donors (Lipinski definition) is 1. The molecular formula is C15H17N. The van der Waals surface area contributed by atoms with Crippen molar-refractivity contribution in [3.05, 3.63) is 53.1 Å². The lowest BCUT2D eigenvalue weighted by Gasteiger charge is -2.12. The van der Waals surface area contributed by atoms with E-state index in [9.17, 15) is 0 Å². The Balaban J connectivity index is 2.67. The van der Waals surface area contributed by atoms with Crippen LogP contribution in [0, 0.1) is 20.8 Å². The molecule has 0 unspecified atom stereocenters. The summed E-state index contributed by atoms with van der Waals surface area (Å²) in [7, 11) is 0.